The molecule has 1 aromatic rings. The van der Waals surface area contributed by atoms with Crippen LogP contribution in [-0.2, 0) is 14.8 Å². The summed E-state index contributed by atoms with van der Waals surface area (Å²) in [5.41, 5.74) is -0.314. The molecule has 1 fully saturated rings. The van der Waals surface area contributed by atoms with Crippen LogP contribution in [0.2, 0.25) is 0 Å². The lowest BCUT2D eigenvalue weighted by Crippen LogP contribution is -2.58. The van der Waals surface area contributed by atoms with Crippen molar-refractivity contribution in [3.8, 4) is 0 Å². The van der Waals surface area contributed by atoms with Crippen molar-refractivity contribution < 1.29 is 18.1 Å². The van der Waals surface area contributed by atoms with Crippen LogP contribution in [0.25, 0.3) is 0 Å². The predicted octanol–water partition coefficient (Wildman–Crippen LogP) is 0.846. The molecule has 0 radical (unpaired) electrons. The van der Waals surface area contributed by atoms with Crippen LogP contribution in [0.4, 0.5) is 5.69 Å². The number of sulfonamides is 1. The number of nitro groups is 1. The fraction of sp³-hybridized carbons (Fsp3) is 0.533. The van der Waals surface area contributed by atoms with E-state index < -0.39 is 14.9 Å². The highest BCUT2D eigenvalue weighted by Gasteiger charge is 2.31. The number of amides is 1. The fourth-order valence-corrected chi connectivity index (χ4v) is 3.87. The standard InChI is InChI=1S/C15H22N4O5S.ClH/c1-11-12(2)18(8-7-16-11)15(20)10-17(3)25(23,24)14-6-4-5-13(9-14)19(21)22;/h4-6,9,11-12,16H,7-8,10H2,1-3H3;1H. The Kier molecular flexibility index (Phi) is 7.51. The topological polar surface area (TPSA) is 113 Å². The van der Waals surface area contributed by atoms with Crippen LogP contribution in [0.15, 0.2) is 29.2 Å². The Labute approximate surface area is 159 Å². The maximum absolute atomic E-state index is 12.6. The molecule has 146 valence electrons. The lowest BCUT2D eigenvalue weighted by molar-refractivity contribution is -0.385. The number of halogens is 1. The second kappa shape index (κ2) is 8.76. The summed E-state index contributed by atoms with van der Waals surface area (Å²) in [5.74, 6) is -0.294. The van der Waals surface area contributed by atoms with E-state index in [4.69, 9.17) is 0 Å². The molecule has 1 saturated heterocycles. The van der Waals surface area contributed by atoms with E-state index in [2.05, 4.69) is 5.32 Å². The molecule has 1 amide bonds. The van der Waals surface area contributed by atoms with Gasteiger partial charge in [0.1, 0.15) is 0 Å². The van der Waals surface area contributed by atoms with Crippen molar-refractivity contribution in [2.24, 2.45) is 0 Å². The smallest absolute Gasteiger partial charge is 0.270 e. The average molecular weight is 407 g/mol. The number of non-ortho nitro benzene ring substituents is 1. The number of nitrogens with one attached hydrogen (secondary N) is 1. The van der Waals surface area contributed by atoms with E-state index in [-0.39, 0.29) is 47.5 Å². The summed E-state index contributed by atoms with van der Waals surface area (Å²) in [6.45, 7) is 4.72. The van der Waals surface area contributed by atoms with Crippen molar-refractivity contribution >= 4 is 34.0 Å². The first-order chi connectivity index (χ1) is 11.6. The molecule has 11 heteroatoms. The second-order valence-electron chi connectivity index (χ2n) is 6.09. The van der Waals surface area contributed by atoms with E-state index in [0.717, 1.165) is 10.4 Å². The summed E-state index contributed by atoms with van der Waals surface area (Å²) in [6.07, 6.45) is 0. The molecule has 0 aliphatic carbocycles. The van der Waals surface area contributed by atoms with Crippen molar-refractivity contribution in [2.45, 2.75) is 30.8 Å². The minimum Gasteiger partial charge on any atom is -0.336 e. The van der Waals surface area contributed by atoms with E-state index in [9.17, 15) is 23.3 Å². The molecule has 9 nitrogen and oxygen atoms in total. The number of nitro benzene ring substituents is 1. The molecule has 1 heterocycles. The maximum Gasteiger partial charge on any atom is 0.270 e. The predicted molar refractivity (Wildman–Crippen MR) is 98.8 cm³/mol. The third-order valence-electron chi connectivity index (χ3n) is 4.45. The van der Waals surface area contributed by atoms with Crippen LogP contribution in [0.3, 0.4) is 0 Å². The summed E-state index contributed by atoms with van der Waals surface area (Å²) in [4.78, 5) is 24.1. The molecular formula is C15H23ClN4O5S. The molecule has 1 aromatic carbocycles. The number of piperazine rings is 1. The molecule has 1 N–H and O–H groups in total. The Balaban J connectivity index is 0.00000338. The normalized spacial score (nSPS) is 20.5. The van der Waals surface area contributed by atoms with E-state index in [1.54, 1.807) is 4.90 Å². The van der Waals surface area contributed by atoms with Crippen LogP contribution in [0.5, 0.6) is 0 Å². The molecule has 0 bridgehead atoms. The lowest BCUT2D eigenvalue weighted by atomic mass is 10.1. The number of hydrogen-bond acceptors (Lipinski definition) is 6. The first-order valence-corrected chi connectivity index (χ1v) is 9.32. The number of likely N-dealkylation sites (N-methyl/N-ethyl adjacent to an activating group) is 1. The minimum absolute atomic E-state index is 0. The van der Waals surface area contributed by atoms with Gasteiger partial charge in [-0.25, -0.2) is 8.42 Å². The van der Waals surface area contributed by atoms with Gasteiger partial charge in [-0.05, 0) is 19.9 Å². The van der Waals surface area contributed by atoms with Crippen LogP contribution < -0.4 is 5.32 Å². The molecular weight excluding hydrogens is 384 g/mol. The molecule has 2 rings (SSSR count). The summed E-state index contributed by atoms with van der Waals surface area (Å²) in [7, 11) is -2.70. The number of benzene rings is 1. The third-order valence-corrected chi connectivity index (χ3v) is 6.25. The highest BCUT2D eigenvalue weighted by Crippen LogP contribution is 2.20. The molecule has 26 heavy (non-hydrogen) atoms. The van der Waals surface area contributed by atoms with Crippen molar-refractivity contribution in [3.63, 3.8) is 0 Å². The van der Waals surface area contributed by atoms with E-state index in [0.29, 0.717) is 13.1 Å². The highest BCUT2D eigenvalue weighted by atomic mass is 35.5. The Hall–Kier alpha value is -1.75. The SMILES string of the molecule is CC1NCCN(C(=O)CN(C)S(=O)(=O)c2cccc([N+](=O)[O-])c2)C1C.Cl. The van der Waals surface area contributed by atoms with Gasteiger partial charge in [-0.15, -0.1) is 12.4 Å². The van der Waals surface area contributed by atoms with Gasteiger partial charge in [-0.3, -0.25) is 14.9 Å². The number of hydrogen-bond donors (Lipinski definition) is 1. The number of carbonyl (C=O) groups is 1. The fourth-order valence-electron chi connectivity index (χ4n) is 2.71. The molecule has 0 aromatic heterocycles. The maximum atomic E-state index is 12.6. The Morgan fingerprint density at radius 2 is 2.08 bits per heavy atom. The van der Waals surface area contributed by atoms with Crippen molar-refractivity contribution in [2.75, 3.05) is 26.7 Å². The molecule has 1 aliphatic heterocycles. The molecule has 2 unspecified atom stereocenters. The van der Waals surface area contributed by atoms with E-state index in [1.165, 1.54) is 25.2 Å². The first kappa shape index (κ1) is 22.3. The van der Waals surface area contributed by atoms with Crippen molar-refractivity contribution in [1.82, 2.24) is 14.5 Å². The summed E-state index contributed by atoms with van der Waals surface area (Å²) in [6, 6.07) is 4.87. The first-order valence-electron chi connectivity index (χ1n) is 7.88. The third kappa shape index (κ3) is 4.70. The van der Waals surface area contributed by atoms with Gasteiger partial charge < -0.3 is 10.2 Å². The zero-order valence-electron chi connectivity index (χ0n) is 14.8. The van der Waals surface area contributed by atoms with Gasteiger partial charge in [0.25, 0.3) is 5.69 Å². The van der Waals surface area contributed by atoms with Crippen LogP contribution in [0.1, 0.15) is 13.8 Å². The van der Waals surface area contributed by atoms with Gasteiger partial charge in [0.2, 0.25) is 15.9 Å². The van der Waals surface area contributed by atoms with Gasteiger partial charge in [0.15, 0.2) is 0 Å². The largest absolute Gasteiger partial charge is 0.336 e. The van der Waals surface area contributed by atoms with Crippen LogP contribution in [-0.4, -0.2) is 67.2 Å². The zero-order valence-corrected chi connectivity index (χ0v) is 16.4. The Bertz CT molecular complexity index is 773. The van der Waals surface area contributed by atoms with Gasteiger partial charge in [0.05, 0.1) is 16.4 Å². The molecule has 2 atom stereocenters. The number of carbonyl (C=O) groups excluding carboxylic acids is 1. The average Bonchev–Trinajstić information content (AvgIpc) is 2.57. The molecule has 1 aliphatic rings. The lowest BCUT2D eigenvalue weighted by Gasteiger charge is -2.39. The summed E-state index contributed by atoms with van der Waals surface area (Å²) < 4.78 is 26.1. The van der Waals surface area contributed by atoms with Gasteiger partial charge in [-0.1, -0.05) is 6.07 Å². The monoisotopic (exact) mass is 406 g/mol. The van der Waals surface area contributed by atoms with Crippen LogP contribution in [0, 0.1) is 10.1 Å². The zero-order chi connectivity index (χ0) is 18.8. The van der Waals surface area contributed by atoms with Crippen molar-refractivity contribution in [1.29, 1.82) is 0 Å². The summed E-state index contributed by atoms with van der Waals surface area (Å²) in [5, 5.41) is 14.1. The second-order valence-corrected chi connectivity index (χ2v) is 8.13. The highest BCUT2D eigenvalue weighted by molar-refractivity contribution is 7.89. The van der Waals surface area contributed by atoms with Gasteiger partial charge in [-0.2, -0.15) is 4.31 Å². The van der Waals surface area contributed by atoms with Gasteiger partial charge in [0, 0.05) is 44.4 Å². The van der Waals surface area contributed by atoms with E-state index in [1.807, 2.05) is 13.8 Å². The Morgan fingerprint density at radius 1 is 1.42 bits per heavy atom. The van der Waals surface area contributed by atoms with E-state index >= 15 is 0 Å². The minimum atomic E-state index is -3.99. The van der Waals surface area contributed by atoms with Crippen molar-refractivity contribution in [3.05, 3.63) is 34.4 Å². The quantitative estimate of drug-likeness (QED) is 0.572. The number of nitrogens with zero attached hydrogens (tertiary/aromatic N) is 3. The summed E-state index contributed by atoms with van der Waals surface area (Å²) >= 11 is 0. The molecule has 0 saturated carbocycles. The number of rotatable bonds is 5. The molecule has 0 spiro atoms. The van der Waals surface area contributed by atoms with Gasteiger partial charge >= 0.3 is 0 Å². The Morgan fingerprint density at radius 3 is 2.69 bits per heavy atom. The van der Waals surface area contributed by atoms with Crippen LogP contribution >= 0.6 is 12.4 Å².